The molecule has 0 aliphatic rings. The van der Waals surface area contributed by atoms with E-state index in [1.165, 1.54) is 0 Å². The van der Waals surface area contributed by atoms with Crippen molar-refractivity contribution in [3.63, 3.8) is 0 Å². The van der Waals surface area contributed by atoms with Crippen LogP contribution in [-0.4, -0.2) is 23.2 Å². The number of halogens is 2. The third-order valence-corrected chi connectivity index (χ3v) is 4.58. The van der Waals surface area contributed by atoms with E-state index in [9.17, 15) is 4.79 Å². The van der Waals surface area contributed by atoms with Crippen molar-refractivity contribution < 1.29 is 14.6 Å². The summed E-state index contributed by atoms with van der Waals surface area (Å²) in [4.78, 5) is 15.8. The van der Waals surface area contributed by atoms with Crippen LogP contribution in [0.15, 0.2) is 60.7 Å². The molecule has 0 fully saturated rings. The first-order valence-corrected chi connectivity index (χ1v) is 8.60. The number of nitrogens with one attached hydrogen (secondary N) is 1. The summed E-state index contributed by atoms with van der Waals surface area (Å²) in [6.45, 7) is 0. The number of carbonyl (C=O) groups is 1. The van der Waals surface area contributed by atoms with Gasteiger partial charge in [-0.25, -0.2) is 9.78 Å². The van der Waals surface area contributed by atoms with E-state index in [1.54, 1.807) is 31.4 Å². The summed E-state index contributed by atoms with van der Waals surface area (Å²) >= 11 is 6.14. The lowest BCUT2D eigenvalue weighted by Gasteiger charge is -2.14. The Morgan fingerprint density at radius 2 is 1.75 bits per heavy atom. The fourth-order valence-corrected chi connectivity index (χ4v) is 3.16. The van der Waals surface area contributed by atoms with Gasteiger partial charge in [0.05, 0.1) is 29.4 Å². The minimum Gasteiger partial charge on any atom is -0.497 e. The van der Waals surface area contributed by atoms with Crippen molar-refractivity contribution >= 4 is 63.2 Å². The number of carboxylic acid groups (broad SMARTS) is 1. The molecular formula is C21H16Cl2N2O3. The number of carboxylic acids is 1. The molecule has 0 aliphatic carbocycles. The van der Waals surface area contributed by atoms with Crippen LogP contribution in [0.1, 0.15) is 10.4 Å². The molecular weight excluding hydrogens is 399 g/mol. The average Bonchev–Trinajstić information content (AvgIpc) is 2.67. The number of anilines is 2. The lowest BCUT2D eigenvalue weighted by atomic mass is 10.1. The largest absolute Gasteiger partial charge is 0.497 e. The number of benzene rings is 3. The van der Waals surface area contributed by atoms with E-state index in [4.69, 9.17) is 26.4 Å². The summed E-state index contributed by atoms with van der Waals surface area (Å²) < 4.78 is 5.36. The molecule has 1 aromatic heterocycles. The van der Waals surface area contributed by atoms with Crippen LogP contribution in [0.4, 0.5) is 11.4 Å². The quantitative estimate of drug-likeness (QED) is 0.405. The molecule has 0 saturated heterocycles. The highest BCUT2D eigenvalue weighted by Crippen LogP contribution is 2.36. The molecule has 4 rings (SSSR count). The van der Waals surface area contributed by atoms with E-state index >= 15 is 0 Å². The predicted molar refractivity (Wildman–Crippen MR) is 115 cm³/mol. The molecule has 0 unspecified atom stereocenters. The molecule has 7 heteroatoms. The highest BCUT2D eigenvalue weighted by Gasteiger charge is 2.12. The molecule has 0 amide bonds. The number of hydrogen-bond acceptors (Lipinski definition) is 4. The van der Waals surface area contributed by atoms with E-state index in [0.717, 1.165) is 38.9 Å². The number of pyridine rings is 1. The second-order valence-corrected chi connectivity index (χ2v) is 6.48. The lowest BCUT2D eigenvalue weighted by Crippen LogP contribution is -1.98. The molecule has 2 N–H and O–H groups in total. The number of rotatable bonds is 4. The molecule has 4 aromatic rings. The Labute approximate surface area is 172 Å². The summed E-state index contributed by atoms with van der Waals surface area (Å²) in [5.74, 6) is -0.234. The molecule has 0 spiro atoms. The van der Waals surface area contributed by atoms with E-state index in [-0.39, 0.29) is 18.0 Å². The van der Waals surface area contributed by atoms with Crippen molar-refractivity contribution in [2.75, 3.05) is 12.4 Å². The van der Waals surface area contributed by atoms with Crippen LogP contribution in [-0.2, 0) is 0 Å². The molecule has 0 aliphatic heterocycles. The maximum Gasteiger partial charge on any atom is 0.335 e. The molecule has 3 aromatic carbocycles. The zero-order valence-electron chi connectivity index (χ0n) is 14.8. The summed E-state index contributed by atoms with van der Waals surface area (Å²) in [5.41, 5.74) is 3.43. The smallest absolute Gasteiger partial charge is 0.335 e. The Morgan fingerprint density at radius 3 is 2.43 bits per heavy atom. The van der Waals surface area contributed by atoms with Crippen molar-refractivity contribution in [1.82, 2.24) is 4.98 Å². The second kappa shape index (κ2) is 7.92. The number of fused-ring (bicyclic) bond motifs is 2. The van der Waals surface area contributed by atoms with Gasteiger partial charge in [-0.15, -0.1) is 12.4 Å². The molecule has 0 bridgehead atoms. The third kappa shape index (κ3) is 3.67. The SMILES string of the molecule is COc1ccc2nc3cc(Cl)ccc3c(Nc3ccc(C(=O)O)cc3)c2c1.Cl. The van der Waals surface area contributed by atoms with Crippen molar-refractivity contribution in [1.29, 1.82) is 0 Å². The van der Waals surface area contributed by atoms with Gasteiger partial charge in [-0.1, -0.05) is 11.6 Å². The summed E-state index contributed by atoms with van der Waals surface area (Å²) in [6, 6.07) is 17.8. The Hall–Kier alpha value is -3.02. The molecule has 0 radical (unpaired) electrons. The zero-order valence-corrected chi connectivity index (χ0v) is 16.3. The number of aromatic carboxylic acids is 1. The molecule has 28 heavy (non-hydrogen) atoms. The van der Waals surface area contributed by atoms with Crippen LogP contribution >= 0.6 is 24.0 Å². The monoisotopic (exact) mass is 414 g/mol. The molecule has 5 nitrogen and oxygen atoms in total. The minimum atomic E-state index is -0.958. The Kier molecular flexibility index (Phi) is 5.58. The van der Waals surface area contributed by atoms with Gasteiger partial charge in [0.25, 0.3) is 0 Å². The van der Waals surface area contributed by atoms with Crippen LogP contribution in [0.3, 0.4) is 0 Å². The Morgan fingerprint density at radius 1 is 1.00 bits per heavy atom. The third-order valence-electron chi connectivity index (χ3n) is 4.34. The van der Waals surface area contributed by atoms with Crippen molar-refractivity contribution in [2.24, 2.45) is 0 Å². The van der Waals surface area contributed by atoms with Crippen LogP contribution in [0.2, 0.25) is 5.02 Å². The van der Waals surface area contributed by atoms with E-state index < -0.39 is 5.97 Å². The van der Waals surface area contributed by atoms with E-state index in [2.05, 4.69) is 5.32 Å². The maximum absolute atomic E-state index is 11.1. The minimum absolute atomic E-state index is 0. The van der Waals surface area contributed by atoms with Gasteiger partial charge in [0.15, 0.2) is 0 Å². The first kappa shape index (κ1) is 19.7. The van der Waals surface area contributed by atoms with Gasteiger partial charge in [0.2, 0.25) is 0 Å². The van der Waals surface area contributed by atoms with E-state index in [1.807, 2.05) is 36.4 Å². The van der Waals surface area contributed by atoms with Crippen molar-refractivity contribution in [2.45, 2.75) is 0 Å². The first-order valence-electron chi connectivity index (χ1n) is 8.22. The zero-order chi connectivity index (χ0) is 19.0. The van der Waals surface area contributed by atoms with Crippen molar-refractivity contribution in [3.05, 3.63) is 71.2 Å². The predicted octanol–water partition coefficient (Wildman–Crippen LogP) is 5.91. The molecule has 142 valence electrons. The van der Waals surface area contributed by atoms with Crippen LogP contribution < -0.4 is 10.1 Å². The Bertz CT molecular complexity index is 1180. The Balaban J connectivity index is 0.00000225. The highest BCUT2D eigenvalue weighted by molar-refractivity contribution is 6.31. The lowest BCUT2D eigenvalue weighted by molar-refractivity contribution is 0.0697. The normalized spacial score (nSPS) is 10.5. The summed E-state index contributed by atoms with van der Waals surface area (Å²) in [5, 5.41) is 14.9. The second-order valence-electron chi connectivity index (χ2n) is 6.04. The van der Waals surface area contributed by atoms with Crippen LogP contribution in [0, 0.1) is 0 Å². The fourth-order valence-electron chi connectivity index (χ4n) is 3.00. The maximum atomic E-state index is 11.1. The fraction of sp³-hybridized carbons (Fsp3) is 0.0476. The number of nitrogens with zero attached hydrogens (tertiary/aromatic N) is 1. The first-order chi connectivity index (χ1) is 13.0. The number of aromatic nitrogens is 1. The van der Waals surface area contributed by atoms with Gasteiger partial charge >= 0.3 is 5.97 Å². The van der Waals surface area contributed by atoms with Gasteiger partial charge in [-0.3, -0.25) is 0 Å². The van der Waals surface area contributed by atoms with Gasteiger partial charge in [-0.05, 0) is 60.7 Å². The molecule has 0 atom stereocenters. The number of ether oxygens (including phenoxy) is 1. The van der Waals surface area contributed by atoms with Gasteiger partial charge < -0.3 is 15.2 Å². The molecule has 0 saturated carbocycles. The van der Waals surface area contributed by atoms with E-state index in [0.29, 0.717) is 5.02 Å². The average molecular weight is 415 g/mol. The molecule has 1 heterocycles. The standard InChI is InChI=1S/C21H15ClN2O3.ClH/c1-27-15-7-9-18-17(11-15)20(16-8-4-13(22)10-19(16)24-18)23-14-5-2-12(3-6-14)21(25)26;/h2-11H,1H3,(H,23,24)(H,25,26);1H. The van der Waals surface area contributed by atoms with Gasteiger partial charge in [0, 0.05) is 21.5 Å². The van der Waals surface area contributed by atoms with Gasteiger partial charge in [-0.2, -0.15) is 0 Å². The van der Waals surface area contributed by atoms with Gasteiger partial charge in [0.1, 0.15) is 5.75 Å². The van der Waals surface area contributed by atoms with Crippen LogP contribution in [0.25, 0.3) is 21.8 Å². The number of methoxy groups -OCH3 is 1. The topological polar surface area (TPSA) is 71.5 Å². The summed E-state index contributed by atoms with van der Waals surface area (Å²) in [7, 11) is 1.62. The van der Waals surface area contributed by atoms with Crippen LogP contribution in [0.5, 0.6) is 5.75 Å². The van der Waals surface area contributed by atoms with Crippen molar-refractivity contribution in [3.8, 4) is 5.75 Å². The number of hydrogen-bond donors (Lipinski definition) is 2. The summed E-state index contributed by atoms with van der Waals surface area (Å²) in [6.07, 6.45) is 0. The highest BCUT2D eigenvalue weighted by atomic mass is 35.5.